The zero-order valence-electron chi connectivity index (χ0n) is 13.4. The summed E-state index contributed by atoms with van der Waals surface area (Å²) in [4.78, 5) is 27.9. The molecule has 3 rings (SSSR count). The van der Waals surface area contributed by atoms with Crippen LogP contribution in [0.15, 0.2) is 29.6 Å². The van der Waals surface area contributed by atoms with Crippen molar-refractivity contribution >= 4 is 34.6 Å². The van der Waals surface area contributed by atoms with Crippen molar-refractivity contribution in [2.45, 2.75) is 44.6 Å². The van der Waals surface area contributed by atoms with Crippen molar-refractivity contribution < 1.29 is 14.7 Å². The molecule has 0 unspecified atom stereocenters. The van der Waals surface area contributed by atoms with Gasteiger partial charge in [-0.3, -0.25) is 4.79 Å². The summed E-state index contributed by atoms with van der Waals surface area (Å²) >= 11 is 3.10. The Kier molecular flexibility index (Phi) is 5.68. The van der Waals surface area contributed by atoms with Gasteiger partial charge >= 0.3 is 5.97 Å². The van der Waals surface area contributed by atoms with Gasteiger partial charge in [-0.15, -0.1) is 22.7 Å². The van der Waals surface area contributed by atoms with Gasteiger partial charge in [-0.05, 0) is 55.7 Å². The molecule has 0 aromatic carbocycles. The molecular weight excluding hydrogens is 342 g/mol. The first-order valence-corrected chi connectivity index (χ1v) is 9.97. The quantitative estimate of drug-likeness (QED) is 0.769. The highest BCUT2D eigenvalue weighted by Crippen LogP contribution is 2.25. The van der Waals surface area contributed by atoms with E-state index < -0.39 is 5.97 Å². The van der Waals surface area contributed by atoms with Crippen LogP contribution >= 0.6 is 22.7 Å². The number of amides is 1. The summed E-state index contributed by atoms with van der Waals surface area (Å²) in [6, 6.07) is 8.10. The molecule has 6 heteroatoms. The summed E-state index contributed by atoms with van der Waals surface area (Å²) in [5, 5.41) is 11.0. The summed E-state index contributed by atoms with van der Waals surface area (Å²) in [6.07, 6.45) is 5.43. The molecule has 0 aliphatic carbocycles. The van der Waals surface area contributed by atoms with Crippen LogP contribution in [-0.4, -0.2) is 34.5 Å². The molecule has 2 aromatic heterocycles. The maximum atomic E-state index is 12.1. The van der Waals surface area contributed by atoms with Crippen molar-refractivity contribution in [3.05, 3.63) is 44.3 Å². The van der Waals surface area contributed by atoms with Crippen LogP contribution in [0.1, 0.15) is 45.1 Å². The summed E-state index contributed by atoms with van der Waals surface area (Å²) in [5.41, 5.74) is 0. The van der Waals surface area contributed by atoms with Gasteiger partial charge in [-0.25, -0.2) is 4.79 Å². The number of thiophene rings is 2. The summed E-state index contributed by atoms with van der Waals surface area (Å²) < 4.78 is 0. The second-order valence-electron chi connectivity index (χ2n) is 6.07. The number of aryl methyl sites for hydroxylation is 1. The molecule has 0 saturated carbocycles. The summed E-state index contributed by atoms with van der Waals surface area (Å²) in [5.74, 6) is -0.576. The summed E-state index contributed by atoms with van der Waals surface area (Å²) in [7, 11) is 0. The van der Waals surface area contributed by atoms with Crippen LogP contribution in [0.2, 0.25) is 0 Å². The number of carboxylic acids is 1. The lowest BCUT2D eigenvalue weighted by Gasteiger charge is -2.24. The first-order valence-electron chi connectivity index (χ1n) is 8.27. The van der Waals surface area contributed by atoms with E-state index in [9.17, 15) is 9.59 Å². The number of likely N-dealkylation sites (tertiary alicyclic amines) is 1. The molecule has 1 fully saturated rings. The van der Waals surface area contributed by atoms with Crippen molar-refractivity contribution in [3.63, 3.8) is 0 Å². The molecule has 1 aliphatic heterocycles. The number of hydrogen-bond acceptors (Lipinski definition) is 4. The largest absolute Gasteiger partial charge is 0.477 e. The van der Waals surface area contributed by atoms with Crippen LogP contribution < -0.4 is 0 Å². The van der Waals surface area contributed by atoms with E-state index in [-0.39, 0.29) is 5.91 Å². The molecule has 4 nitrogen and oxygen atoms in total. The Balaban J connectivity index is 1.47. The van der Waals surface area contributed by atoms with Crippen LogP contribution in [0.5, 0.6) is 0 Å². The molecule has 1 aliphatic rings. The first-order chi connectivity index (χ1) is 11.6. The van der Waals surface area contributed by atoms with Crippen molar-refractivity contribution in [2.75, 3.05) is 6.54 Å². The number of aromatic carboxylic acids is 1. The Morgan fingerprint density at radius 3 is 2.83 bits per heavy atom. The maximum absolute atomic E-state index is 12.1. The van der Waals surface area contributed by atoms with Crippen molar-refractivity contribution in [2.24, 2.45) is 0 Å². The minimum atomic E-state index is -0.854. The van der Waals surface area contributed by atoms with E-state index in [1.165, 1.54) is 16.2 Å². The molecule has 2 aromatic rings. The molecule has 0 radical (unpaired) electrons. The third-order valence-corrected chi connectivity index (χ3v) is 6.53. The fraction of sp³-hybridized carbons (Fsp3) is 0.444. The highest BCUT2D eigenvalue weighted by atomic mass is 32.1. The molecule has 0 spiro atoms. The number of rotatable bonds is 8. The van der Waals surface area contributed by atoms with Gasteiger partial charge < -0.3 is 10.0 Å². The van der Waals surface area contributed by atoms with E-state index in [0.29, 0.717) is 17.3 Å². The predicted molar refractivity (Wildman–Crippen MR) is 97.0 cm³/mol. The maximum Gasteiger partial charge on any atom is 0.345 e. The van der Waals surface area contributed by atoms with E-state index in [1.54, 1.807) is 17.4 Å². The SMILES string of the molecule is O=C(O)c1ccc(CCC[C@H]2CCC(=O)N2CCc2cccs2)s1. The van der Waals surface area contributed by atoms with Crippen LogP contribution in [0.4, 0.5) is 0 Å². The number of hydrogen-bond donors (Lipinski definition) is 1. The third kappa shape index (κ3) is 4.24. The first kappa shape index (κ1) is 17.2. The van der Waals surface area contributed by atoms with Crippen molar-refractivity contribution in [3.8, 4) is 0 Å². The number of nitrogens with zero attached hydrogens (tertiary/aromatic N) is 1. The Bertz CT molecular complexity index is 693. The van der Waals surface area contributed by atoms with Crippen molar-refractivity contribution in [1.29, 1.82) is 0 Å². The Morgan fingerprint density at radius 1 is 1.25 bits per heavy atom. The van der Waals surface area contributed by atoms with Crippen LogP contribution in [0.3, 0.4) is 0 Å². The monoisotopic (exact) mass is 363 g/mol. The second-order valence-corrected chi connectivity index (χ2v) is 8.27. The molecule has 1 amide bonds. The molecule has 3 heterocycles. The fourth-order valence-corrected chi connectivity index (χ4v) is 4.81. The van der Waals surface area contributed by atoms with Crippen LogP contribution in [0.25, 0.3) is 0 Å². The molecule has 0 bridgehead atoms. The van der Waals surface area contributed by atoms with Gasteiger partial charge in [0.05, 0.1) is 0 Å². The minimum Gasteiger partial charge on any atom is -0.477 e. The fourth-order valence-electron chi connectivity index (χ4n) is 3.23. The van der Waals surface area contributed by atoms with E-state index >= 15 is 0 Å². The number of carbonyl (C=O) groups is 2. The van der Waals surface area contributed by atoms with Gasteiger partial charge in [0.1, 0.15) is 4.88 Å². The molecule has 1 N–H and O–H groups in total. The normalized spacial score (nSPS) is 17.6. The van der Waals surface area contributed by atoms with Gasteiger partial charge in [-0.2, -0.15) is 0 Å². The van der Waals surface area contributed by atoms with Gasteiger partial charge in [0.15, 0.2) is 0 Å². The van der Waals surface area contributed by atoms with Gasteiger partial charge in [0.25, 0.3) is 0 Å². The lowest BCUT2D eigenvalue weighted by atomic mass is 10.1. The third-order valence-electron chi connectivity index (χ3n) is 4.46. The summed E-state index contributed by atoms with van der Waals surface area (Å²) in [6.45, 7) is 0.812. The van der Waals surface area contributed by atoms with Crippen molar-refractivity contribution in [1.82, 2.24) is 4.90 Å². The van der Waals surface area contributed by atoms with E-state index in [0.717, 1.165) is 43.5 Å². The lowest BCUT2D eigenvalue weighted by Crippen LogP contribution is -2.34. The van der Waals surface area contributed by atoms with Gasteiger partial charge in [0, 0.05) is 28.8 Å². The molecular formula is C18H21NO3S2. The molecule has 1 atom stereocenters. The zero-order chi connectivity index (χ0) is 16.9. The lowest BCUT2D eigenvalue weighted by molar-refractivity contribution is -0.129. The van der Waals surface area contributed by atoms with Gasteiger partial charge in [-0.1, -0.05) is 6.07 Å². The van der Waals surface area contributed by atoms with E-state index in [2.05, 4.69) is 22.4 Å². The number of carbonyl (C=O) groups excluding carboxylic acids is 1. The Morgan fingerprint density at radius 2 is 2.12 bits per heavy atom. The Labute approximate surface area is 149 Å². The number of carboxylic acid groups (broad SMARTS) is 1. The Hall–Kier alpha value is -1.66. The topological polar surface area (TPSA) is 57.6 Å². The zero-order valence-corrected chi connectivity index (χ0v) is 15.1. The molecule has 128 valence electrons. The highest BCUT2D eigenvalue weighted by Gasteiger charge is 2.29. The van der Waals surface area contributed by atoms with Crippen LogP contribution in [-0.2, 0) is 17.6 Å². The molecule has 24 heavy (non-hydrogen) atoms. The average Bonchev–Trinajstić information content (AvgIpc) is 3.28. The van der Waals surface area contributed by atoms with E-state index in [4.69, 9.17) is 5.11 Å². The van der Waals surface area contributed by atoms with Gasteiger partial charge in [0.2, 0.25) is 5.91 Å². The standard InChI is InChI=1S/C18H21NO3S2/c20-17-9-6-13(19(17)11-10-14-5-2-12-23-14)3-1-4-15-7-8-16(24-15)18(21)22/h2,5,7-8,12-13H,1,3-4,6,9-11H2,(H,21,22)/t13-/m0/s1. The predicted octanol–water partition coefficient (Wildman–Crippen LogP) is 4.06. The highest BCUT2D eigenvalue weighted by molar-refractivity contribution is 7.13. The smallest absolute Gasteiger partial charge is 0.345 e. The van der Waals surface area contributed by atoms with E-state index in [1.807, 2.05) is 6.07 Å². The van der Waals surface area contributed by atoms with Crippen LogP contribution in [0, 0.1) is 0 Å². The molecule has 1 saturated heterocycles. The minimum absolute atomic E-state index is 0.279. The second kappa shape index (κ2) is 7.94. The average molecular weight is 364 g/mol.